The fourth-order valence-corrected chi connectivity index (χ4v) is 2.09. The van der Waals surface area contributed by atoms with Gasteiger partial charge in [-0.1, -0.05) is 12.1 Å². The number of aromatic nitrogens is 2. The highest BCUT2D eigenvalue weighted by Crippen LogP contribution is 2.24. The summed E-state index contributed by atoms with van der Waals surface area (Å²) in [5.41, 5.74) is 7.66. The van der Waals surface area contributed by atoms with Crippen LogP contribution in [0.3, 0.4) is 0 Å². The van der Waals surface area contributed by atoms with E-state index in [1.165, 1.54) is 6.07 Å². The zero-order valence-electron chi connectivity index (χ0n) is 11.8. The van der Waals surface area contributed by atoms with Crippen LogP contribution in [0.15, 0.2) is 30.6 Å². The van der Waals surface area contributed by atoms with E-state index in [4.69, 9.17) is 10.5 Å². The molecule has 0 spiro atoms. The van der Waals surface area contributed by atoms with E-state index in [-0.39, 0.29) is 11.9 Å². The Kier molecular flexibility index (Phi) is 4.74. The molecule has 108 valence electrons. The van der Waals surface area contributed by atoms with Crippen molar-refractivity contribution in [1.29, 1.82) is 0 Å². The van der Waals surface area contributed by atoms with E-state index in [0.29, 0.717) is 25.2 Å². The number of nitrogens with zero attached hydrogens (tertiary/aromatic N) is 2. The lowest BCUT2D eigenvalue weighted by atomic mass is 10.1. The van der Waals surface area contributed by atoms with Gasteiger partial charge in [-0.15, -0.1) is 0 Å². The van der Waals surface area contributed by atoms with Crippen LogP contribution in [-0.4, -0.2) is 22.4 Å². The van der Waals surface area contributed by atoms with Crippen molar-refractivity contribution in [2.24, 2.45) is 12.8 Å². The van der Waals surface area contributed by atoms with Crippen molar-refractivity contribution in [2.75, 3.05) is 6.61 Å². The van der Waals surface area contributed by atoms with E-state index < -0.39 is 0 Å². The van der Waals surface area contributed by atoms with Crippen LogP contribution in [0.1, 0.15) is 18.1 Å². The summed E-state index contributed by atoms with van der Waals surface area (Å²) in [4.78, 5) is 0. The second kappa shape index (κ2) is 6.52. The highest BCUT2D eigenvalue weighted by atomic mass is 19.1. The third-order valence-corrected chi connectivity index (χ3v) is 2.99. The molecule has 0 aliphatic carbocycles. The molecule has 0 amide bonds. The molecule has 2 aromatic rings. The van der Waals surface area contributed by atoms with Gasteiger partial charge in [-0.3, -0.25) is 4.68 Å². The number of para-hydroxylation sites is 1. The summed E-state index contributed by atoms with van der Waals surface area (Å²) in [5.74, 6) is -0.0250. The van der Waals surface area contributed by atoms with Gasteiger partial charge in [-0.05, 0) is 30.5 Å². The lowest BCUT2D eigenvalue weighted by molar-refractivity contribution is 0.301. The molecule has 1 aromatic carbocycles. The number of aryl methyl sites for hydroxylation is 1. The number of benzene rings is 1. The molecule has 2 N–H and O–H groups in total. The summed E-state index contributed by atoms with van der Waals surface area (Å²) in [5, 5.41) is 4.09. The fraction of sp³-hybridized carbons (Fsp3) is 0.400. The first-order valence-corrected chi connectivity index (χ1v) is 6.69. The van der Waals surface area contributed by atoms with Gasteiger partial charge in [0.15, 0.2) is 11.6 Å². The van der Waals surface area contributed by atoms with E-state index in [1.807, 2.05) is 26.2 Å². The first-order chi connectivity index (χ1) is 9.56. The number of hydrogen-bond acceptors (Lipinski definition) is 3. The average molecular weight is 277 g/mol. The predicted octanol–water partition coefficient (Wildman–Crippen LogP) is 2.07. The van der Waals surface area contributed by atoms with Crippen LogP contribution in [0.25, 0.3) is 0 Å². The third kappa shape index (κ3) is 3.81. The van der Waals surface area contributed by atoms with Crippen molar-refractivity contribution < 1.29 is 9.13 Å². The molecule has 0 aliphatic rings. The standard InChI is InChI=1S/C15H20FN3O/c1-11(17)8-13-4-3-5-14(16)15(13)20-7-6-12-9-18-19(2)10-12/h3-5,9-11H,6-8,17H2,1-2H3. The van der Waals surface area contributed by atoms with Crippen molar-refractivity contribution in [3.8, 4) is 5.75 Å². The summed E-state index contributed by atoms with van der Waals surface area (Å²) in [6.07, 6.45) is 5.00. The van der Waals surface area contributed by atoms with Gasteiger partial charge >= 0.3 is 0 Å². The minimum atomic E-state index is -0.339. The minimum Gasteiger partial charge on any atom is -0.490 e. The maximum Gasteiger partial charge on any atom is 0.165 e. The Hall–Kier alpha value is -1.88. The normalized spacial score (nSPS) is 12.4. The number of nitrogens with two attached hydrogens (primary N) is 1. The molecule has 1 heterocycles. The third-order valence-electron chi connectivity index (χ3n) is 2.99. The Morgan fingerprint density at radius 1 is 1.45 bits per heavy atom. The van der Waals surface area contributed by atoms with Crippen molar-refractivity contribution in [1.82, 2.24) is 9.78 Å². The van der Waals surface area contributed by atoms with Crippen molar-refractivity contribution >= 4 is 0 Å². The van der Waals surface area contributed by atoms with Gasteiger partial charge in [0.2, 0.25) is 0 Å². The molecule has 0 radical (unpaired) electrons. The molecule has 1 unspecified atom stereocenters. The van der Waals surface area contributed by atoms with Crippen LogP contribution in [0.4, 0.5) is 4.39 Å². The molecule has 20 heavy (non-hydrogen) atoms. The summed E-state index contributed by atoms with van der Waals surface area (Å²) in [6.45, 7) is 2.31. The van der Waals surface area contributed by atoms with E-state index in [2.05, 4.69) is 5.10 Å². The SMILES string of the molecule is CC(N)Cc1cccc(F)c1OCCc1cnn(C)c1. The van der Waals surface area contributed by atoms with Crippen LogP contribution in [0.5, 0.6) is 5.75 Å². The van der Waals surface area contributed by atoms with Crippen LogP contribution in [-0.2, 0) is 19.9 Å². The van der Waals surface area contributed by atoms with Gasteiger partial charge in [0.25, 0.3) is 0 Å². The smallest absolute Gasteiger partial charge is 0.165 e. The topological polar surface area (TPSA) is 53.1 Å². The largest absolute Gasteiger partial charge is 0.490 e. The molecule has 0 aliphatic heterocycles. The van der Waals surface area contributed by atoms with Gasteiger partial charge in [-0.25, -0.2) is 4.39 Å². The maximum absolute atomic E-state index is 13.8. The molecule has 4 nitrogen and oxygen atoms in total. The number of hydrogen-bond donors (Lipinski definition) is 1. The second-order valence-electron chi connectivity index (χ2n) is 5.03. The summed E-state index contributed by atoms with van der Waals surface area (Å²) in [7, 11) is 1.86. The Labute approximate surface area is 118 Å². The van der Waals surface area contributed by atoms with Crippen LogP contribution in [0, 0.1) is 5.82 Å². The van der Waals surface area contributed by atoms with E-state index in [0.717, 1.165) is 11.1 Å². The van der Waals surface area contributed by atoms with Crippen molar-refractivity contribution in [2.45, 2.75) is 25.8 Å². The van der Waals surface area contributed by atoms with Gasteiger partial charge < -0.3 is 10.5 Å². The predicted molar refractivity (Wildman–Crippen MR) is 76.2 cm³/mol. The number of rotatable bonds is 6. The molecule has 5 heteroatoms. The Balaban J connectivity index is 2.01. The van der Waals surface area contributed by atoms with E-state index in [1.54, 1.807) is 16.9 Å². The molecule has 0 saturated heterocycles. The Morgan fingerprint density at radius 3 is 2.90 bits per heavy atom. The molecule has 0 fully saturated rings. The first-order valence-electron chi connectivity index (χ1n) is 6.69. The number of ether oxygens (including phenoxy) is 1. The van der Waals surface area contributed by atoms with Gasteiger partial charge in [-0.2, -0.15) is 5.10 Å². The van der Waals surface area contributed by atoms with Crippen molar-refractivity contribution in [3.63, 3.8) is 0 Å². The highest BCUT2D eigenvalue weighted by molar-refractivity contribution is 5.35. The molecular weight excluding hydrogens is 257 g/mol. The van der Waals surface area contributed by atoms with E-state index >= 15 is 0 Å². The maximum atomic E-state index is 13.8. The summed E-state index contributed by atoms with van der Waals surface area (Å²) < 4.78 is 21.2. The Morgan fingerprint density at radius 2 is 2.25 bits per heavy atom. The quantitative estimate of drug-likeness (QED) is 0.879. The van der Waals surface area contributed by atoms with Gasteiger partial charge in [0, 0.05) is 25.7 Å². The fourth-order valence-electron chi connectivity index (χ4n) is 2.09. The molecule has 1 aromatic heterocycles. The first kappa shape index (κ1) is 14.5. The zero-order chi connectivity index (χ0) is 14.5. The monoisotopic (exact) mass is 277 g/mol. The average Bonchev–Trinajstić information content (AvgIpc) is 2.78. The van der Waals surface area contributed by atoms with Crippen molar-refractivity contribution in [3.05, 3.63) is 47.5 Å². The summed E-state index contributed by atoms with van der Waals surface area (Å²) >= 11 is 0. The van der Waals surface area contributed by atoms with Crippen LogP contribution < -0.4 is 10.5 Å². The van der Waals surface area contributed by atoms with Crippen LogP contribution >= 0.6 is 0 Å². The Bertz CT molecular complexity index is 566. The molecule has 0 saturated carbocycles. The molecule has 2 rings (SSSR count). The van der Waals surface area contributed by atoms with E-state index in [9.17, 15) is 4.39 Å². The zero-order valence-corrected chi connectivity index (χ0v) is 11.8. The minimum absolute atomic E-state index is 0.0301. The lowest BCUT2D eigenvalue weighted by Gasteiger charge is -2.13. The summed E-state index contributed by atoms with van der Waals surface area (Å²) in [6, 6.07) is 4.91. The van der Waals surface area contributed by atoms with Crippen LogP contribution in [0.2, 0.25) is 0 Å². The van der Waals surface area contributed by atoms with Gasteiger partial charge in [0.1, 0.15) is 0 Å². The molecule has 0 bridgehead atoms. The number of halogens is 1. The molecular formula is C15H20FN3O. The highest BCUT2D eigenvalue weighted by Gasteiger charge is 2.11. The van der Waals surface area contributed by atoms with Gasteiger partial charge in [0.05, 0.1) is 12.8 Å². The second-order valence-corrected chi connectivity index (χ2v) is 5.03. The molecule has 1 atom stereocenters. The lowest BCUT2D eigenvalue weighted by Crippen LogP contribution is -2.18.